The highest BCUT2D eigenvalue weighted by atomic mass is 35.5. The zero-order valence-corrected chi connectivity index (χ0v) is 13.8. The predicted octanol–water partition coefficient (Wildman–Crippen LogP) is 2.45. The number of hydrogen-bond acceptors (Lipinski definition) is 3. The van der Waals surface area contributed by atoms with Crippen molar-refractivity contribution in [1.29, 1.82) is 0 Å². The molecule has 1 aliphatic heterocycles. The van der Waals surface area contributed by atoms with Gasteiger partial charge in [0.05, 0.1) is 6.61 Å². The van der Waals surface area contributed by atoms with Crippen LogP contribution in [0.3, 0.4) is 0 Å². The standard InChI is InChI=1S/C17H23ClN2O2/c1-22-12-11-20-10-9-19(8-7-17(20)21)14-16(18)13-15-5-3-2-4-6-15/h2-6,13H,7-12,14H2,1H3/b16-13-. The van der Waals surface area contributed by atoms with E-state index in [1.165, 1.54) is 0 Å². The summed E-state index contributed by atoms with van der Waals surface area (Å²) >= 11 is 6.36. The Morgan fingerprint density at radius 2 is 2.05 bits per heavy atom. The number of carbonyl (C=O) groups excluding carboxylic acids is 1. The van der Waals surface area contributed by atoms with Gasteiger partial charge in [-0.2, -0.15) is 0 Å². The maximum absolute atomic E-state index is 12.0. The summed E-state index contributed by atoms with van der Waals surface area (Å²) in [6.07, 6.45) is 2.52. The highest BCUT2D eigenvalue weighted by Crippen LogP contribution is 2.13. The number of nitrogens with zero attached hydrogens (tertiary/aromatic N) is 2. The molecule has 2 rings (SSSR count). The van der Waals surface area contributed by atoms with E-state index in [4.69, 9.17) is 16.3 Å². The van der Waals surface area contributed by atoms with Gasteiger partial charge < -0.3 is 9.64 Å². The van der Waals surface area contributed by atoms with E-state index in [1.807, 2.05) is 41.3 Å². The molecule has 0 radical (unpaired) electrons. The van der Waals surface area contributed by atoms with Crippen LogP contribution >= 0.6 is 11.6 Å². The lowest BCUT2D eigenvalue weighted by Crippen LogP contribution is -2.35. The number of hydrogen-bond donors (Lipinski definition) is 0. The molecule has 5 heteroatoms. The molecule has 0 spiro atoms. The zero-order valence-electron chi connectivity index (χ0n) is 13.0. The van der Waals surface area contributed by atoms with E-state index in [0.717, 1.165) is 30.2 Å². The fraction of sp³-hybridized carbons (Fsp3) is 0.471. The lowest BCUT2D eigenvalue weighted by molar-refractivity contribution is -0.130. The summed E-state index contributed by atoms with van der Waals surface area (Å²) in [5.41, 5.74) is 1.10. The van der Waals surface area contributed by atoms with Gasteiger partial charge in [0.25, 0.3) is 0 Å². The van der Waals surface area contributed by atoms with E-state index >= 15 is 0 Å². The molecule has 0 saturated carbocycles. The molecule has 0 atom stereocenters. The Hall–Kier alpha value is -1.36. The minimum absolute atomic E-state index is 0.197. The second kappa shape index (κ2) is 8.93. The van der Waals surface area contributed by atoms with Crippen molar-refractivity contribution in [2.24, 2.45) is 0 Å². The summed E-state index contributed by atoms with van der Waals surface area (Å²) in [5.74, 6) is 0.197. The van der Waals surface area contributed by atoms with Gasteiger partial charge in [-0.1, -0.05) is 41.9 Å². The lowest BCUT2D eigenvalue weighted by atomic mass is 10.2. The molecule has 120 valence electrons. The smallest absolute Gasteiger partial charge is 0.223 e. The van der Waals surface area contributed by atoms with Crippen LogP contribution in [0.25, 0.3) is 6.08 Å². The van der Waals surface area contributed by atoms with Crippen molar-refractivity contribution in [3.63, 3.8) is 0 Å². The molecule has 1 aromatic carbocycles. The number of carbonyl (C=O) groups is 1. The molecular formula is C17H23ClN2O2. The number of halogens is 1. The Bertz CT molecular complexity index is 505. The van der Waals surface area contributed by atoms with Crippen LogP contribution in [0.15, 0.2) is 35.4 Å². The normalized spacial score (nSPS) is 17.6. The summed E-state index contributed by atoms with van der Waals surface area (Å²) in [6, 6.07) is 10.0. The van der Waals surface area contributed by atoms with Crippen LogP contribution in [0.4, 0.5) is 0 Å². The van der Waals surface area contributed by atoms with Gasteiger partial charge in [-0.25, -0.2) is 0 Å². The first kappa shape index (κ1) is 17.0. The summed E-state index contributed by atoms with van der Waals surface area (Å²) in [5, 5.41) is 0.795. The van der Waals surface area contributed by atoms with E-state index in [0.29, 0.717) is 26.1 Å². The summed E-state index contributed by atoms with van der Waals surface area (Å²) in [7, 11) is 1.66. The van der Waals surface area contributed by atoms with E-state index in [-0.39, 0.29) is 5.91 Å². The van der Waals surface area contributed by atoms with E-state index in [1.54, 1.807) is 7.11 Å². The van der Waals surface area contributed by atoms with Gasteiger partial charge in [0.2, 0.25) is 5.91 Å². The Balaban J connectivity index is 1.88. The molecule has 0 unspecified atom stereocenters. The molecule has 0 aliphatic carbocycles. The minimum atomic E-state index is 0.197. The number of ether oxygens (including phenoxy) is 1. The first-order valence-corrected chi connectivity index (χ1v) is 7.97. The van der Waals surface area contributed by atoms with Gasteiger partial charge in [0.15, 0.2) is 0 Å². The Morgan fingerprint density at radius 1 is 1.27 bits per heavy atom. The molecule has 1 saturated heterocycles. The molecule has 0 aromatic heterocycles. The highest BCUT2D eigenvalue weighted by Gasteiger charge is 2.20. The van der Waals surface area contributed by atoms with Crippen molar-refractivity contribution in [2.75, 3.05) is 46.4 Å². The topological polar surface area (TPSA) is 32.8 Å². The first-order chi connectivity index (χ1) is 10.7. The molecule has 22 heavy (non-hydrogen) atoms. The maximum atomic E-state index is 12.0. The molecular weight excluding hydrogens is 300 g/mol. The van der Waals surface area contributed by atoms with Crippen molar-refractivity contribution in [3.05, 3.63) is 40.9 Å². The van der Waals surface area contributed by atoms with Gasteiger partial charge in [0.1, 0.15) is 0 Å². The lowest BCUT2D eigenvalue weighted by Gasteiger charge is -2.21. The summed E-state index contributed by atoms with van der Waals surface area (Å²) in [4.78, 5) is 16.1. The quantitative estimate of drug-likeness (QED) is 0.806. The van der Waals surface area contributed by atoms with Crippen LogP contribution in [0.2, 0.25) is 0 Å². The van der Waals surface area contributed by atoms with Crippen LogP contribution in [-0.2, 0) is 9.53 Å². The van der Waals surface area contributed by atoms with Crippen molar-refractivity contribution >= 4 is 23.6 Å². The Morgan fingerprint density at radius 3 is 2.77 bits per heavy atom. The number of benzene rings is 1. The molecule has 1 amide bonds. The third-order valence-electron chi connectivity index (χ3n) is 3.74. The maximum Gasteiger partial charge on any atom is 0.223 e. The monoisotopic (exact) mass is 322 g/mol. The third kappa shape index (κ3) is 5.44. The predicted molar refractivity (Wildman–Crippen MR) is 89.8 cm³/mol. The number of rotatable bonds is 6. The highest BCUT2D eigenvalue weighted by molar-refractivity contribution is 6.31. The van der Waals surface area contributed by atoms with Gasteiger partial charge in [-0.3, -0.25) is 9.69 Å². The summed E-state index contributed by atoms with van der Waals surface area (Å²) in [6.45, 7) is 4.26. The second-order valence-electron chi connectivity index (χ2n) is 5.40. The molecule has 1 fully saturated rings. The Labute approximate surface area is 137 Å². The van der Waals surface area contributed by atoms with E-state index < -0.39 is 0 Å². The molecule has 1 heterocycles. The summed E-state index contributed by atoms with van der Waals surface area (Å²) < 4.78 is 5.05. The van der Waals surface area contributed by atoms with Gasteiger partial charge >= 0.3 is 0 Å². The van der Waals surface area contributed by atoms with Crippen LogP contribution in [0.5, 0.6) is 0 Å². The van der Waals surface area contributed by atoms with Gasteiger partial charge in [-0.15, -0.1) is 0 Å². The average Bonchev–Trinajstić information content (AvgIpc) is 2.69. The molecule has 0 N–H and O–H groups in total. The largest absolute Gasteiger partial charge is 0.383 e. The van der Waals surface area contributed by atoms with Crippen molar-refractivity contribution < 1.29 is 9.53 Å². The Kier molecular flexibility index (Phi) is 6.90. The van der Waals surface area contributed by atoms with E-state index in [9.17, 15) is 4.79 Å². The van der Waals surface area contributed by atoms with Gasteiger partial charge in [-0.05, 0) is 11.6 Å². The zero-order chi connectivity index (χ0) is 15.8. The third-order valence-corrected chi connectivity index (χ3v) is 3.97. The molecule has 0 bridgehead atoms. The average molecular weight is 323 g/mol. The SMILES string of the molecule is COCCN1CCN(C/C(Cl)=C/c2ccccc2)CCC1=O. The van der Waals surface area contributed by atoms with Crippen LogP contribution < -0.4 is 0 Å². The van der Waals surface area contributed by atoms with Crippen LogP contribution in [0, 0.1) is 0 Å². The van der Waals surface area contributed by atoms with Crippen molar-refractivity contribution in [2.45, 2.75) is 6.42 Å². The fourth-order valence-corrected chi connectivity index (χ4v) is 2.79. The number of methoxy groups -OCH3 is 1. The number of amides is 1. The van der Waals surface area contributed by atoms with Crippen molar-refractivity contribution in [3.8, 4) is 0 Å². The fourth-order valence-electron chi connectivity index (χ4n) is 2.50. The molecule has 4 nitrogen and oxygen atoms in total. The van der Waals surface area contributed by atoms with Crippen LogP contribution in [0.1, 0.15) is 12.0 Å². The van der Waals surface area contributed by atoms with Gasteiger partial charge in [0, 0.05) is 51.3 Å². The van der Waals surface area contributed by atoms with Crippen molar-refractivity contribution in [1.82, 2.24) is 9.80 Å². The minimum Gasteiger partial charge on any atom is -0.383 e. The first-order valence-electron chi connectivity index (χ1n) is 7.59. The second-order valence-corrected chi connectivity index (χ2v) is 5.89. The van der Waals surface area contributed by atoms with Crippen LogP contribution in [-0.4, -0.2) is 62.1 Å². The van der Waals surface area contributed by atoms with E-state index in [2.05, 4.69) is 4.90 Å². The molecule has 1 aliphatic rings. The molecule has 1 aromatic rings.